The maximum absolute atomic E-state index is 13.4. The molecule has 4 aliphatic rings. The van der Waals surface area contributed by atoms with Crippen LogP contribution in [-0.2, 0) is 21.4 Å². The first kappa shape index (κ1) is 24.0. The van der Waals surface area contributed by atoms with Crippen molar-refractivity contribution in [2.75, 3.05) is 20.6 Å². The molecule has 2 aliphatic heterocycles. The number of likely N-dealkylation sites (tertiary alicyclic amines) is 1. The van der Waals surface area contributed by atoms with Crippen LogP contribution in [0, 0.1) is 12.8 Å². The predicted octanol–water partition coefficient (Wildman–Crippen LogP) is 3.84. The molecule has 1 N–H and O–H groups in total. The summed E-state index contributed by atoms with van der Waals surface area (Å²) in [5.74, 6) is 0.833. The van der Waals surface area contributed by atoms with Crippen molar-refractivity contribution in [1.82, 2.24) is 9.80 Å². The number of phenols is 1. The second-order valence-corrected chi connectivity index (χ2v) is 11.2. The number of phenolic OH excluding ortho intramolecular Hbond substituents is 1. The highest BCUT2D eigenvalue weighted by Crippen LogP contribution is 2.65. The highest BCUT2D eigenvalue weighted by molar-refractivity contribution is 5.92. The van der Waals surface area contributed by atoms with Gasteiger partial charge in [0, 0.05) is 48.7 Å². The molecule has 2 aromatic rings. The van der Waals surface area contributed by atoms with Gasteiger partial charge in [0.15, 0.2) is 11.5 Å². The summed E-state index contributed by atoms with van der Waals surface area (Å²) in [6.45, 7) is 4.30. The number of hydrogen-bond acceptors (Lipinski definition) is 6. The van der Waals surface area contributed by atoms with Crippen LogP contribution in [0.5, 0.6) is 17.2 Å². The number of nitrogens with zero attached hydrogens (tertiary/aromatic N) is 2. The van der Waals surface area contributed by atoms with E-state index in [0.717, 1.165) is 54.5 Å². The molecule has 6 rings (SSSR count). The van der Waals surface area contributed by atoms with Gasteiger partial charge in [-0.1, -0.05) is 29.8 Å². The molecule has 2 fully saturated rings. The van der Waals surface area contributed by atoms with Crippen molar-refractivity contribution in [3.05, 3.63) is 58.7 Å². The van der Waals surface area contributed by atoms with Crippen LogP contribution < -0.4 is 9.47 Å². The Hall–Kier alpha value is -3.32. The Bertz CT molecular complexity index is 1320. The van der Waals surface area contributed by atoms with Crippen molar-refractivity contribution in [2.24, 2.45) is 5.92 Å². The summed E-state index contributed by atoms with van der Waals surface area (Å²) in [5, 5.41) is 11.0. The molecule has 2 heterocycles. The lowest BCUT2D eigenvalue weighted by Gasteiger charge is -2.59. The third kappa shape index (κ3) is 3.58. The lowest BCUT2D eigenvalue weighted by molar-refractivity contribution is -0.134. The second kappa shape index (κ2) is 8.62. The van der Waals surface area contributed by atoms with Crippen LogP contribution in [0.15, 0.2) is 36.4 Å². The summed E-state index contributed by atoms with van der Waals surface area (Å²) in [5.41, 5.74) is 3.71. The summed E-state index contributed by atoms with van der Waals surface area (Å²) in [6, 6.07) is 9.74. The van der Waals surface area contributed by atoms with Crippen LogP contribution in [0.1, 0.15) is 48.4 Å². The van der Waals surface area contributed by atoms with Crippen LogP contribution >= 0.6 is 0 Å². The van der Waals surface area contributed by atoms with E-state index >= 15 is 0 Å². The van der Waals surface area contributed by atoms with Gasteiger partial charge in [0.2, 0.25) is 5.91 Å². The van der Waals surface area contributed by atoms with Crippen LogP contribution in [0.3, 0.4) is 0 Å². The quantitative estimate of drug-likeness (QED) is 0.389. The summed E-state index contributed by atoms with van der Waals surface area (Å²) in [6.07, 6.45) is 6.65. The highest BCUT2D eigenvalue weighted by atomic mass is 16.6. The Kier molecular flexibility index (Phi) is 5.60. The lowest BCUT2D eigenvalue weighted by atomic mass is 9.51. The molecular weight excluding hydrogens is 468 g/mol. The fraction of sp³-hybridized carbons (Fsp3) is 0.467. The molecule has 1 amide bonds. The molecule has 7 heteroatoms. The van der Waals surface area contributed by atoms with Crippen molar-refractivity contribution in [3.8, 4) is 17.2 Å². The first-order valence-electron chi connectivity index (χ1n) is 13.2. The van der Waals surface area contributed by atoms with Gasteiger partial charge in [0.1, 0.15) is 11.9 Å². The van der Waals surface area contributed by atoms with Crippen molar-refractivity contribution in [3.63, 3.8) is 0 Å². The number of aromatic hydroxyl groups is 1. The number of likely N-dealkylation sites (N-methyl/N-ethyl adjacent to an activating group) is 2. The van der Waals surface area contributed by atoms with Crippen molar-refractivity contribution in [2.45, 2.75) is 63.1 Å². The van der Waals surface area contributed by atoms with E-state index in [1.807, 2.05) is 43.1 Å². The maximum Gasteiger partial charge on any atom is 0.308 e. The first-order valence-corrected chi connectivity index (χ1v) is 13.2. The number of esters is 1. The minimum Gasteiger partial charge on any atom is -0.508 e. The Morgan fingerprint density at radius 3 is 2.84 bits per heavy atom. The van der Waals surface area contributed by atoms with Crippen molar-refractivity contribution < 1.29 is 24.2 Å². The van der Waals surface area contributed by atoms with E-state index in [2.05, 4.69) is 18.0 Å². The monoisotopic (exact) mass is 502 g/mol. The van der Waals surface area contributed by atoms with Crippen LogP contribution in [-0.4, -0.2) is 65.6 Å². The Morgan fingerprint density at radius 1 is 1.27 bits per heavy atom. The molecule has 0 unspecified atom stereocenters. The molecule has 7 nitrogen and oxygen atoms in total. The number of piperidine rings is 1. The molecule has 1 saturated heterocycles. The van der Waals surface area contributed by atoms with Crippen LogP contribution in [0.4, 0.5) is 0 Å². The van der Waals surface area contributed by atoms with E-state index in [9.17, 15) is 14.7 Å². The largest absolute Gasteiger partial charge is 0.508 e. The van der Waals surface area contributed by atoms with E-state index in [0.29, 0.717) is 17.7 Å². The summed E-state index contributed by atoms with van der Waals surface area (Å²) >= 11 is 0. The number of benzene rings is 2. The highest BCUT2D eigenvalue weighted by Gasteiger charge is 2.66. The van der Waals surface area contributed by atoms with Gasteiger partial charge in [0.05, 0.1) is 6.04 Å². The SMILES string of the molecule is CC(=O)Oc1cc(O)c2c3c1O[C@H]1[C@H](N(C)C(=O)C=Cc4cccc(C)c4)CC[C@H]4[C@@H](C2)N(C)CC[C@@]341. The zero-order valence-electron chi connectivity index (χ0n) is 21.9. The molecule has 0 radical (unpaired) electrons. The topological polar surface area (TPSA) is 79.3 Å². The van der Waals surface area contributed by atoms with E-state index in [1.165, 1.54) is 13.0 Å². The van der Waals surface area contributed by atoms with Crippen molar-refractivity contribution >= 4 is 18.0 Å². The van der Waals surface area contributed by atoms with Gasteiger partial charge in [0.25, 0.3) is 0 Å². The lowest BCUT2D eigenvalue weighted by Crippen LogP contribution is -2.68. The number of hydrogen-bond donors (Lipinski definition) is 1. The zero-order chi connectivity index (χ0) is 26.1. The minimum absolute atomic E-state index is 0.0653. The second-order valence-electron chi connectivity index (χ2n) is 11.2. The van der Waals surface area contributed by atoms with Gasteiger partial charge in [-0.2, -0.15) is 0 Å². The molecule has 194 valence electrons. The van der Waals surface area contributed by atoms with Crippen LogP contribution in [0.2, 0.25) is 0 Å². The first-order chi connectivity index (χ1) is 17.7. The Balaban J connectivity index is 1.39. The van der Waals surface area contributed by atoms with Gasteiger partial charge < -0.3 is 24.4 Å². The summed E-state index contributed by atoms with van der Waals surface area (Å²) in [7, 11) is 4.02. The van der Waals surface area contributed by atoms with E-state index in [-0.39, 0.29) is 35.0 Å². The minimum atomic E-state index is -0.453. The third-order valence-corrected chi connectivity index (χ3v) is 9.21. The van der Waals surface area contributed by atoms with Crippen LogP contribution in [0.25, 0.3) is 6.08 Å². The van der Waals surface area contributed by atoms with Gasteiger partial charge in [-0.3, -0.25) is 9.59 Å². The molecule has 1 saturated carbocycles. The fourth-order valence-corrected chi connectivity index (χ4v) is 7.61. The predicted molar refractivity (Wildman–Crippen MR) is 140 cm³/mol. The Labute approximate surface area is 217 Å². The standard InChI is InChI=1S/C30H34N2O5/c1-17-6-5-7-19(14-17)8-11-26(35)32(4)22-10-9-21-23-15-20-24(34)16-25(36-18(2)33)28-27(20)30(21,29(22)37-28)12-13-31(23)3/h5-8,11,14,16,21-23,29,34H,9-10,12-13,15H2,1-4H3/t21-,22+,23+,29-,30-/m0/s1. The van der Waals surface area contributed by atoms with Crippen molar-refractivity contribution in [1.29, 1.82) is 0 Å². The Morgan fingerprint density at radius 2 is 2.08 bits per heavy atom. The molecule has 2 aromatic carbocycles. The molecule has 1 spiro atoms. The van der Waals surface area contributed by atoms with Gasteiger partial charge in [-0.15, -0.1) is 0 Å². The normalized spacial score (nSPS) is 29.5. The number of amides is 1. The average molecular weight is 503 g/mol. The maximum atomic E-state index is 13.4. The third-order valence-electron chi connectivity index (χ3n) is 9.21. The van der Waals surface area contributed by atoms with E-state index in [1.54, 1.807) is 6.08 Å². The fourth-order valence-electron chi connectivity index (χ4n) is 7.61. The summed E-state index contributed by atoms with van der Waals surface area (Å²) < 4.78 is 12.3. The van der Waals surface area contributed by atoms with Gasteiger partial charge >= 0.3 is 5.97 Å². The smallest absolute Gasteiger partial charge is 0.308 e. The number of carbonyl (C=O) groups is 2. The number of aryl methyl sites for hydroxylation is 1. The number of ether oxygens (including phenoxy) is 2. The molecule has 5 atom stereocenters. The van der Waals surface area contributed by atoms with E-state index in [4.69, 9.17) is 9.47 Å². The molecular formula is C30H34N2O5. The van der Waals surface area contributed by atoms with E-state index < -0.39 is 5.97 Å². The van der Waals surface area contributed by atoms with Gasteiger partial charge in [-0.25, -0.2) is 0 Å². The number of rotatable bonds is 4. The molecule has 37 heavy (non-hydrogen) atoms. The van der Waals surface area contributed by atoms with Gasteiger partial charge in [-0.05, 0) is 63.8 Å². The average Bonchev–Trinajstić information content (AvgIpc) is 3.20. The molecule has 2 bridgehead atoms. The molecule has 0 aromatic heterocycles. The summed E-state index contributed by atoms with van der Waals surface area (Å²) in [4.78, 5) is 29.5. The zero-order valence-corrected chi connectivity index (χ0v) is 21.9. The molecule has 2 aliphatic carbocycles. The number of carbonyl (C=O) groups excluding carboxylic acids is 2.